The molecule has 1 saturated carbocycles. The molecular formula is C17H32N2O. The highest BCUT2D eigenvalue weighted by atomic mass is 16.5. The molecule has 2 aliphatic heterocycles. The van der Waals surface area contributed by atoms with Crippen molar-refractivity contribution in [1.29, 1.82) is 0 Å². The van der Waals surface area contributed by atoms with Gasteiger partial charge in [0.05, 0.1) is 6.61 Å². The lowest BCUT2D eigenvalue weighted by molar-refractivity contribution is -0.000252. The Morgan fingerprint density at radius 1 is 1.15 bits per heavy atom. The third-order valence-corrected chi connectivity index (χ3v) is 5.71. The molecule has 3 heteroatoms. The number of piperidine rings is 1. The van der Waals surface area contributed by atoms with Crippen LogP contribution in [0.15, 0.2) is 0 Å². The number of likely N-dealkylation sites (tertiary alicyclic amines) is 1. The zero-order chi connectivity index (χ0) is 13.8. The molecule has 0 amide bonds. The summed E-state index contributed by atoms with van der Waals surface area (Å²) in [6, 6.07) is 1.59. The molecule has 2 saturated heterocycles. The van der Waals surface area contributed by atoms with E-state index in [4.69, 9.17) is 4.74 Å². The SMILES string of the molecule is CCCNC1CCOCC1CN1CCCC2CCCC21. The third kappa shape index (κ3) is 3.37. The van der Waals surface area contributed by atoms with Crippen LogP contribution in [0.2, 0.25) is 0 Å². The second kappa shape index (κ2) is 7.24. The van der Waals surface area contributed by atoms with Gasteiger partial charge in [0, 0.05) is 31.2 Å². The van der Waals surface area contributed by atoms with Crippen molar-refractivity contribution in [1.82, 2.24) is 10.2 Å². The summed E-state index contributed by atoms with van der Waals surface area (Å²) in [7, 11) is 0. The van der Waals surface area contributed by atoms with Gasteiger partial charge in [-0.3, -0.25) is 4.90 Å². The summed E-state index contributed by atoms with van der Waals surface area (Å²) in [6.45, 7) is 7.93. The van der Waals surface area contributed by atoms with E-state index >= 15 is 0 Å². The standard InChI is InChI=1S/C17H32N2O/c1-2-9-18-16-8-11-20-13-15(16)12-19-10-4-6-14-5-3-7-17(14)19/h14-18H,2-13H2,1H3. The van der Waals surface area contributed by atoms with Crippen LogP contribution in [-0.4, -0.2) is 49.8 Å². The zero-order valence-electron chi connectivity index (χ0n) is 13.2. The van der Waals surface area contributed by atoms with E-state index in [-0.39, 0.29) is 0 Å². The number of rotatable bonds is 5. The van der Waals surface area contributed by atoms with Crippen molar-refractivity contribution >= 4 is 0 Å². The largest absolute Gasteiger partial charge is 0.381 e. The predicted molar refractivity (Wildman–Crippen MR) is 82.9 cm³/mol. The molecule has 2 heterocycles. The van der Waals surface area contributed by atoms with Crippen molar-refractivity contribution in [2.45, 2.75) is 64.0 Å². The highest BCUT2D eigenvalue weighted by molar-refractivity contribution is 4.92. The summed E-state index contributed by atoms with van der Waals surface area (Å²) in [5, 5.41) is 3.76. The van der Waals surface area contributed by atoms with E-state index in [9.17, 15) is 0 Å². The van der Waals surface area contributed by atoms with E-state index in [1.807, 2.05) is 0 Å². The maximum Gasteiger partial charge on any atom is 0.0521 e. The Morgan fingerprint density at radius 3 is 2.95 bits per heavy atom. The van der Waals surface area contributed by atoms with Gasteiger partial charge >= 0.3 is 0 Å². The molecule has 20 heavy (non-hydrogen) atoms. The lowest BCUT2D eigenvalue weighted by Gasteiger charge is -2.42. The summed E-state index contributed by atoms with van der Waals surface area (Å²) in [5.41, 5.74) is 0. The first-order valence-corrected chi connectivity index (χ1v) is 8.93. The number of ether oxygens (including phenoxy) is 1. The minimum absolute atomic E-state index is 0.686. The highest BCUT2D eigenvalue weighted by Gasteiger charge is 2.37. The van der Waals surface area contributed by atoms with Gasteiger partial charge in [0.15, 0.2) is 0 Å². The van der Waals surface area contributed by atoms with Gasteiger partial charge in [-0.2, -0.15) is 0 Å². The second-order valence-corrected chi connectivity index (χ2v) is 7.08. The van der Waals surface area contributed by atoms with E-state index in [0.29, 0.717) is 12.0 Å². The molecule has 3 rings (SSSR count). The average molecular weight is 280 g/mol. The van der Waals surface area contributed by atoms with E-state index in [2.05, 4.69) is 17.1 Å². The van der Waals surface area contributed by atoms with Crippen LogP contribution in [0.5, 0.6) is 0 Å². The summed E-state index contributed by atoms with van der Waals surface area (Å²) in [6.07, 6.45) is 9.74. The lowest BCUT2D eigenvalue weighted by Crippen LogP contribution is -2.52. The maximum atomic E-state index is 5.78. The number of hydrogen-bond acceptors (Lipinski definition) is 3. The molecule has 4 unspecified atom stereocenters. The maximum absolute atomic E-state index is 5.78. The lowest BCUT2D eigenvalue weighted by atomic mass is 9.89. The first-order valence-electron chi connectivity index (χ1n) is 8.93. The summed E-state index contributed by atoms with van der Waals surface area (Å²) in [4.78, 5) is 2.82. The van der Waals surface area contributed by atoms with Crippen molar-refractivity contribution in [2.75, 3.05) is 32.8 Å². The number of nitrogens with zero attached hydrogens (tertiary/aromatic N) is 1. The Bertz CT molecular complexity index is 297. The second-order valence-electron chi connectivity index (χ2n) is 7.08. The highest BCUT2D eigenvalue weighted by Crippen LogP contribution is 2.37. The zero-order valence-corrected chi connectivity index (χ0v) is 13.2. The normalized spacial score (nSPS) is 38.9. The van der Waals surface area contributed by atoms with E-state index in [1.54, 1.807) is 0 Å². The number of fused-ring (bicyclic) bond motifs is 1. The summed E-state index contributed by atoms with van der Waals surface area (Å²) < 4.78 is 5.78. The first-order chi connectivity index (χ1) is 9.88. The number of hydrogen-bond donors (Lipinski definition) is 1. The van der Waals surface area contributed by atoms with Gasteiger partial charge in [-0.05, 0) is 57.5 Å². The Balaban J connectivity index is 1.56. The Hall–Kier alpha value is -0.120. The first kappa shape index (κ1) is 14.8. The van der Waals surface area contributed by atoms with Crippen molar-refractivity contribution in [3.8, 4) is 0 Å². The minimum atomic E-state index is 0.686. The molecule has 4 atom stereocenters. The average Bonchev–Trinajstić information content (AvgIpc) is 2.96. The third-order valence-electron chi connectivity index (χ3n) is 5.71. The molecule has 0 aromatic carbocycles. The van der Waals surface area contributed by atoms with Gasteiger partial charge in [-0.25, -0.2) is 0 Å². The molecule has 3 nitrogen and oxygen atoms in total. The minimum Gasteiger partial charge on any atom is -0.381 e. The van der Waals surface area contributed by atoms with Crippen molar-refractivity contribution in [3.63, 3.8) is 0 Å². The van der Waals surface area contributed by atoms with Crippen molar-refractivity contribution < 1.29 is 4.74 Å². The summed E-state index contributed by atoms with van der Waals surface area (Å²) >= 11 is 0. The van der Waals surface area contributed by atoms with Crippen LogP contribution in [0.3, 0.4) is 0 Å². The molecule has 0 aromatic heterocycles. The molecule has 0 bridgehead atoms. The fraction of sp³-hybridized carbons (Fsp3) is 1.00. The van der Waals surface area contributed by atoms with Crippen LogP contribution < -0.4 is 5.32 Å². The molecule has 0 spiro atoms. The molecular weight excluding hydrogens is 248 g/mol. The van der Waals surface area contributed by atoms with Gasteiger partial charge in [-0.1, -0.05) is 13.3 Å². The van der Waals surface area contributed by atoms with Gasteiger partial charge in [0.1, 0.15) is 0 Å². The Kier molecular flexibility index (Phi) is 5.36. The van der Waals surface area contributed by atoms with Crippen LogP contribution in [0.25, 0.3) is 0 Å². The van der Waals surface area contributed by atoms with Crippen LogP contribution in [-0.2, 0) is 4.74 Å². The summed E-state index contributed by atoms with van der Waals surface area (Å²) in [5.74, 6) is 1.71. The van der Waals surface area contributed by atoms with E-state index in [1.165, 1.54) is 58.0 Å². The van der Waals surface area contributed by atoms with Crippen LogP contribution in [0, 0.1) is 11.8 Å². The Morgan fingerprint density at radius 2 is 2.05 bits per heavy atom. The fourth-order valence-corrected chi connectivity index (χ4v) is 4.66. The molecule has 0 aromatic rings. The predicted octanol–water partition coefficient (Wildman–Crippen LogP) is 2.66. The van der Waals surface area contributed by atoms with Crippen molar-refractivity contribution in [2.24, 2.45) is 11.8 Å². The van der Waals surface area contributed by atoms with Gasteiger partial charge in [-0.15, -0.1) is 0 Å². The van der Waals surface area contributed by atoms with Gasteiger partial charge < -0.3 is 10.1 Å². The topological polar surface area (TPSA) is 24.5 Å². The van der Waals surface area contributed by atoms with E-state index < -0.39 is 0 Å². The smallest absolute Gasteiger partial charge is 0.0521 e. The molecule has 3 aliphatic rings. The monoisotopic (exact) mass is 280 g/mol. The Labute approximate surface area is 124 Å². The molecule has 116 valence electrons. The quantitative estimate of drug-likeness (QED) is 0.838. The molecule has 0 radical (unpaired) electrons. The van der Waals surface area contributed by atoms with Crippen LogP contribution in [0.4, 0.5) is 0 Å². The van der Waals surface area contributed by atoms with E-state index in [0.717, 1.165) is 31.7 Å². The fourth-order valence-electron chi connectivity index (χ4n) is 4.66. The number of nitrogens with one attached hydrogen (secondary N) is 1. The molecule has 1 aliphatic carbocycles. The molecule has 3 fully saturated rings. The van der Waals surface area contributed by atoms with Gasteiger partial charge in [0.25, 0.3) is 0 Å². The van der Waals surface area contributed by atoms with Crippen LogP contribution >= 0.6 is 0 Å². The van der Waals surface area contributed by atoms with Crippen LogP contribution in [0.1, 0.15) is 51.9 Å². The van der Waals surface area contributed by atoms with Gasteiger partial charge in [0.2, 0.25) is 0 Å². The van der Waals surface area contributed by atoms with Crippen molar-refractivity contribution in [3.05, 3.63) is 0 Å². The molecule has 1 N–H and O–H groups in total.